The summed E-state index contributed by atoms with van der Waals surface area (Å²) in [5.74, 6) is 0. The smallest absolute Gasteiger partial charge is 0.140 e. The Hall–Kier alpha value is -2.20. The number of aromatic nitrogens is 3. The van der Waals surface area contributed by atoms with E-state index in [1.165, 1.54) is 10.9 Å². The third kappa shape index (κ3) is 2.56. The number of hydrogen-bond acceptors (Lipinski definition) is 3. The van der Waals surface area contributed by atoms with E-state index < -0.39 is 0 Å². The quantitative estimate of drug-likeness (QED) is 0.788. The van der Waals surface area contributed by atoms with Crippen molar-refractivity contribution in [1.29, 1.82) is 0 Å². The molecule has 0 bridgehead atoms. The van der Waals surface area contributed by atoms with E-state index in [0.717, 1.165) is 24.3 Å². The standard InChI is InChI=1S/C16H18N4/c1-12(17)9-13-10-20(11-14-5-2-3-7-18-14)16-15(13)6-4-8-19-16/h2-8,10,12H,9,11,17H2,1H3. The summed E-state index contributed by atoms with van der Waals surface area (Å²) in [5.41, 5.74) is 9.21. The van der Waals surface area contributed by atoms with Gasteiger partial charge in [0, 0.05) is 30.0 Å². The molecule has 0 spiro atoms. The summed E-state index contributed by atoms with van der Waals surface area (Å²) in [6.45, 7) is 2.76. The van der Waals surface area contributed by atoms with Crippen molar-refractivity contribution >= 4 is 11.0 Å². The van der Waals surface area contributed by atoms with Crippen LogP contribution in [0.5, 0.6) is 0 Å². The Morgan fingerprint density at radius 3 is 2.75 bits per heavy atom. The maximum atomic E-state index is 5.94. The number of hydrogen-bond donors (Lipinski definition) is 1. The minimum atomic E-state index is 0.143. The number of pyridine rings is 2. The van der Waals surface area contributed by atoms with Crippen LogP contribution in [0, 0.1) is 0 Å². The van der Waals surface area contributed by atoms with Gasteiger partial charge in [0.1, 0.15) is 5.65 Å². The van der Waals surface area contributed by atoms with Crippen molar-refractivity contribution in [2.24, 2.45) is 5.73 Å². The van der Waals surface area contributed by atoms with Gasteiger partial charge < -0.3 is 10.3 Å². The molecule has 0 saturated carbocycles. The van der Waals surface area contributed by atoms with E-state index in [9.17, 15) is 0 Å². The van der Waals surface area contributed by atoms with Crippen molar-refractivity contribution < 1.29 is 0 Å². The van der Waals surface area contributed by atoms with Crippen molar-refractivity contribution in [2.45, 2.75) is 25.9 Å². The van der Waals surface area contributed by atoms with Gasteiger partial charge in [0.15, 0.2) is 0 Å². The van der Waals surface area contributed by atoms with Crippen LogP contribution in [0.4, 0.5) is 0 Å². The van der Waals surface area contributed by atoms with Crippen LogP contribution in [0.15, 0.2) is 48.9 Å². The van der Waals surface area contributed by atoms with Gasteiger partial charge in [-0.15, -0.1) is 0 Å². The zero-order valence-electron chi connectivity index (χ0n) is 11.5. The van der Waals surface area contributed by atoms with Gasteiger partial charge in [0.2, 0.25) is 0 Å². The summed E-state index contributed by atoms with van der Waals surface area (Å²) in [6.07, 6.45) is 6.65. The van der Waals surface area contributed by atoms with Gasteiger partial charge in [-0.1, -0.05) is 6.07 Å². The predicted octanol–water partition coefficient (Wildman–Crippen LogP) is 2.37. The van der Waals surface area contributed by atoms with Crippen LogP contribution < -0.4 is 5.73 Å². The lowest BCUT2D eigenvalue weighted by atomic mass is 10.1. The molecule has 0 saturated heterocycles. The SMILES string of the molecule is CC(N)Cc1cn(Cc2ccccn2)c2ncccc12. The maximum absolute atomic E-state index is 5.94. The second kappa shape index (κ2) is 5.43. The van der Waals surface area contributed by atoms with Gasteiger partial charge in [0.25, 0.3) is 0 Å². The van der Waals surface area contributed by atoms with Crippen LogP contribution >= 0.6 is 0 Å². The van der Waals surface area contributed by atoms with Gasteiger partial charge in [-0.2, -0.15) is 0 Å². The summed E-state index contributed by atoms with van der Waals surface area (Å²) >= 11 is 0. The first-order valence-electron chi connectivity index (χ1n) is 6.82. The van der Waals surface area contributed by atoms with Crippen LogP contribution in [-0.2, 0) is 13.0 Å². The lowest BCUT2D eigenvalue weighted by Gasteiger charge is -2.03. The zero-order chi connectivity index (χ0) is 13.9. The Morgan fingerprint density at radius 1 is 1.15 bits per heavy atom. The topological polar surface area (TPSA) is 56.7 Å². The minimum absolute atomic E-state index is 0.143. The van der Waals surface area contributed by atoms with Gasteiger partial charge in [-0.3, -0.25) is 4.98 Å². The van der Waals surface area contributed by atoms with Crippen molar-refractivity contribution in [3.63, 3.8) is 0 Å². The van der Waals surface area contributed by atoms with Crippen molar-refractivity contribution in [2.75, 3.05) is 0 Å². The number of fused-ring (bicyclic) bond motifs is 1. The van der Waals surface area contributed by atoms with Crippen LogP contribution in [-0.4, -0.2) is 20.6 Å². The fraction of sp³-hybridized carbons (Fsp3) is 0.250. The molecule has 102 valence electrons. The second-order valence-electron chi connectivity index (χ2n) is 5.16. The molecular weight excluding hydrogens is 248 g/mol. The molecule has 1 atom stereocenters. The molecule has 2 N–H and O–H groups in total. The molecule has 0 amide bonds. The molecule has 0 radical (unpaired) electrons. The van der Waals surface area contributed by atoms with E-state index in [4.69, 9.17) is 5.73 Å². The molecule has 0 fully saturated rings. The molecule has 0 aliphatic carbocycles. The highest BCUT2D eigenvalue weighted by Crippen LogP contribution is 2.21. The lowest BCUT2D eigenvalue weighted by molar-refractivity contribution is 0.732. The fourth-order valence-corrected chi connectivity index (χ4v) is 2.49. The van der Waals surface area contributed by atoms with E-state index in [2.05, 4.69) is 26.8 Å². The maximum Gasteiger partial charge on any atom is 0.140 e. The second-order valence-corrected chi connectivity index (χ2v) is 5.16. The average Bonchev–Trinajstić information content (AvgIpc) is 2.78. The van der Waals surface area contributed by atoms with E-state index in [1.54, 1.807) is 0 Å². The third-order valence-corrected chi connectivity index (χ3v) is 3.32. The van der Waals surface area contributed by atoms with Crippen molar-refractivity contribution in [3.8, 4) is 0 Å². The first-order chi connectivity index (χ1) is 9.74. The molecule has 20 heavy (non-hydrogen) atoms. The van der Waals surface area contributed by atoms with Gasteiger partial charge in [-0.05, 0) is 43.2 Å². The van der Waals surface area contributed by atoms with Crippen LogP contribution in [0.2, 0.25) is 0 Å². The van der Waals surface area contributed by atoms with E-state index >= 15 is 0 Å². The predicted molar refractivity (Wildman–Crippen MR) is 80.4 cm³/mol. The summed E-state index contributed by atoms with van der Waals surface area (Å²) in [6, 6.07) is 10.2. The summed E-state index contributed by atoms with van der Waals surface area (Å²) in [4.78, 5) is 8.88. The highest BCUT2D eigenvalue weighted by Gasteiger charge is 2.11. The average molecular weight is 266 g/mol. The monoisotopic (exact) mass is 266 g/mol. The van der Waals surface area contributed by atoms with Gasteiger partial charge in [-0.25, -0.2) is 4.98 Å². The Kier molecular flexibility index (Phi) is 3.48. The highest BCUT2D eigenvalue weighted by molar-refractivity contribution is 5.80. The van der Waals surface area contributed by atoms with Gasteiger partial charge in [0.05, 0.1) is 12.2 Å². The molecule has 4 nitrogen and oxygen atoms in total. The Morgan fingerprint density at radius 2 is 2.00 bits per heavy atom. The zero-order valence-corrected chi connectivity index (χ0v) is 11.5. The van der Waals surface area contributed by atoms with E-state index in [1.807, 2.05) is 43.6 Å². The number of nitrogens with two attached hydrogens (primary N) is 1. The van der Waals surface area contributed by atoms with E-state index in [-0.39, 0.29) is 6.04 Å². The Bertz CT molecular complexity index is 701. The van der Waals surface area contributed by atoms with Crippen LogP contribution in [0.1, 0.15) is 18.2 Å². The molecule has 0 aromatic carbocycles. The molecule has 3 rings (SSSR count). The normalized spacial score (nSPS) is 12.7. The molecular formula is C16H18N4. The molecule has 3 aromatic rings. The highest BCUT2D eigenvalue weighted by atomic mass is 15.0. The number of rotatable bonds is 4. The summed E-state index contributed by atoms with van der Waals surface area (Å²) < 4.78 is 2.15. The molecule has 3 heterocycles. The first-order valence-corrected chi connectivity index (χ1v) is 6.82. The minimum Gasteiger partial charge on any atom is -0.328 e. The Labute approximate surface area is 118 Å². The summed E-state index contributed by atoms with van der Waals surface area (Å²) in [5, 5.41) is 1.18. The van der Waals surface area contributed by atoms with Gasteiger partial charge >= 0.3 is 0 Å². The molecule has 0 aliphatic heterocycles. The molecule has 1 unspecified atom stereocenters. The van der Waals surface area contributed by atoms with Crippen LogP contribution in [0.3, 0.4) is 0 Å². The first kappa shape index (κ1) is 12.8. The third-order valence-electron chi connectivity index (χ3n) is 3.32. The van der Waals surface area contributed by atoms with E-state index in [0.29, 0.717) is 0 Å². The molecule has 4 heteroatoms. The van der Waals surface area contributed by atoms with Crippen molar-refractivity contribution in [3.05, 3.63) is 60.2 Å². The number of nitrogens with zero attached hydrogens (tertiary/aromatic N) is 3. The fourth-order valence-electron chi connectivity index (χ4n) is 2.49. The van der Waals surface area contributed by atoms with Crippen molar-refractivity contribution in [1.82, 2.24) is 14.5 Å². The largest absolute Gasteiger partial charge is 0.328 e. The lowest BCUT2D eigenvalue weighted by Crippen LogP contribution is -2.17. The molecule has 3 aromatic heterocycles. The molecule has 0 aliphatic rings. The van der Waals surface area contributed by atoms with Crippen LogP contribution in [0.25, 0.3) is 11.0 Å². The Balaban J connectivity index is 2.02. The summed E-state index contributed by atoms with van der Waals surface area (Å²) in [7, 11) is 0.